The molecule has 2 aromatic rings. The van der Waals surface area contributed by atoms with Gasteiger partial charge >= 0.3 is 6.03 Å². The summed E-state index contributed by atoms with van der Waals surface area (Å²) in [6.07, 6.45) is 1.88. The smallest absolute Gasteiger partial charge is 0.321 e. The van der Waals surface area contributed by atoms with Gasteiger partial charge in [-0.25, -0.2) is 4.79 Å². The van der Waals surface area contributed by atoms with Gasteiger partial charge in [0.25, 0.3) is 0 Å². The molecule has 0 unspecified atom stereocenters. The largest absolute Gasteiger partial charge is 0.497 e. The standard InChI is InChI=1S/C13H19NO.C7H9NO.C4H8N2O2.C2H6/c1-5-11-9-13(15-4)8-7-12(11)10-14(3)6-2;1-8(9)7-5-3-2-4-6-7;1-3(7)6-4(8)5-2;1-2/h5,7-9H,1,6,10H2,2-4H3;2-6,9H,1H3;1-2H3,(H2,5,6,7,8);1-2H3. The van der Waals surface area contributed by atoms with Crippen LogP contribution in [0.25, 0.3) is 6.08 Å². The monoisotopic (exact) mass is 474 g/mol. The molecule has 0 saturated carbocycles. The molecule has 2 aromatic carbocycles. The molecular formula is C26H42N4O4. The van der Waals surface area contributed by atoms with Crippen LogP contribution in [0.5, 0.6) is 5.75 Å². The fraction of sp³-hybridized carbons (Fsp3) is 0.385. The molecule has 0 radical (unpaired) electrons. The number of benzene rings is 2. The van der Waals surface area contributed by atoms with E-state index in [0.29, 0.717) is 0 Å². The summed E-state index contributed by atoms with van der Waals surface area (Å²) < 4.78 is 5.18. The van der Waals surface area contributed by atoms with E-state index in [0.717, 1.165) is 35.2 Å². The van der Waals surface area contributed by atoms with Gasteiger partial charge in [-0.1, -0.05) is 57.7 Å². The molecule has 0 aliphatic carbocycles. The Hall–Kier alpha value is -3.36. The predicted molar refractivity (Wildman–Crippen MR) is 141 cm³/mol. The number of hydrogen-bond donors (Lipinski definition) is 3. The van der Waals surface area contributed by atoms with Crippen molar-refractivity contribution in [1.82, 2.24) is 15.5 Å². The second-order valence-corrected chi connectivity index (χ2v) is 6.72. The molecule has 0 spiro atoms. The molecule has 2 rings (SSSR count). The van der Waals surface area contributed by atoms with Gasteiger partial charge in [0.1, 0.15) is 5.75 Å². The van der Waals surface area contributed by atoms with Crippen molar-refractivity contribution in [3.8, 4) is 5.75 Å². The highest BCUT2D eigenvalue weighted by atomic mass is 16.5. The number of nitrogens with one attached hydrogen (secondary N) is 2. The maximum absolute atomic E-state index is 10.2. The van der Waals surface area contributed by atoms with Crippen LogP contribution < -0.4 is 20.4 Å². The Morgan fingerprint density at radius 3 is 2.06 bits per heavy atom. The molecule has 190 valence electrons. The Balaban J connectivity index is 0. The highest BCUT2D eigenvalue weighted by Gasteiger charge is 2.03. The van der Waals surface area contributed by atoms with E-state index in [2.05, 4.69) is 36.8 Å². The number of methoxy groups -OCH3 is 1. The first-order chi connectivity index (χ1) is 16.2. The topological polar surface area (TPSA) is 94.1 Å². The quantitative estimate of drug-likeness (QED) is 0.521. The highest BCUT2D eigenvalue weighted by molar-refractivity contribution is 5.92. The van der Waals surface area contributed by atoms with Crippen LogP contribution in [-0.2, 0) is 11.3 Å². The lowest BCUT2D eigenvalue weighted by atomic mass is 10.1. The fourth-order valence-electron chi connectivity index (χ4n) is 2.30. The van der Waals surface area contributed by atoms with Crippen LogP contribution in [0.15, 0.2) is 55.1 Å². The second-order valence-electron chi connectivity index (χ2n) is 6.72. The van der Waals surface area contributed by atoms with Gasteiger partial charge in [-0.2, -0.15) is 0 Å². The minimum atomic E-state index is -0.475. The first-order valence-corrected chi connectivity index (χ1v) is 11.1. The SMILES string of the molecule is C=Cc1cc(OC)ccc1CN(C)CC.CC.CN(O)c1ccccc1.CNC(=O)NC(C)=O. The highest BCUT2D eigenvalue weighted by Crippen LogP contribution is 2.19. The van der Waals surface area contributed by atoms with Crippen molar-refractivity contribution < 1.29 is 19.5 Å². The molecule has 34 heavy (non-hydrogen) atoms. The number of carbonyl (C=O) groups excluding carboxylic acids is 2. The van der Waals surface area contributed by atoms with E-state index in [1.54, 1.807) is 14.2 Å². The normalized spacial score (nSPS) is 9.00. The molecule has 0 bridgehead atoms. The zero-order chi connectivity index (χ0) is 26.5. The maximum Gasteiger partial charge on any atom is 0.321 e. The van der Waals surface area contributed by atoms with Crippen molar-refractivity contribution in [1.29, 1.82) is 0 Å². The molecule has 0 heterocycles. The van der Waals surface area contributed by atoms with Gasteiger partial charge in [-0.15, -0.1) is 0 Å². The van der Waals surface area contributed by atoms with Crippen molar-refractivity contribution >= 4 is 23.7 Å². The number of nitrogens with zero attached hydrogens (tertiary/aromatic N) is 2. The van der Waals surface area contributed by atoms with E-state index in [1.807, 2.05) is 67.7 Å². The lowest BCUT2D eigenvalue weighted by Gasteiger charge is -2.16. The lowest BCUT2D eigenvalue weighted by Crippen LogP contribution is -2.35. The van der Waals surface area contributed by atoms with E-state index >= 15 is 0 Å². The van der Waals surface area contributed by atoms with Crippen molar-refractivity contribution in [2.24, 2.45) is 0 Å². The van der Waals surface area contributed by atoms with Crippen molar-refractivity contribution in [2.75, 3.05) is 39.9 Å². The lowest BCUT2D eigenvalue weighted by molar-refractivity contribution is -0.117. The number of anilines is 1. The number of amides is 3. The summed E-state index contributed by atoms with van der Waals surface area (Å²) in [5.74, 6) is 0.525. The zero-order valence-corrected chi connectivity index (χ0v) is 21.9. The van der Waals surface area contributed by atoms with E-state index in [9.17, 15) is 9.59 Å². The van der Waals surface area contributed by atoms with Crippen LogP contribution in [0.4, 0.5) is 10.5 Å². The minimum Gasteiger partial charge on any atom is -0.497 e. The van der Waals surface area contributed by atoms with Crippen LogP contribution in [-0.4, -0.2) is 56.8 Å². The van der Waals surface area contributed by atoms with Crippen LogP contribution in [0.2, 0.25) is 0 Å². The van der Waals surface area contributed by atoms with Crippen molar-refractivity contribution in [3.63, 3.8) is 0 Å². The maximum atomic E-state index is 10.2. The van der Waals surface area contributed by atoms with E-state index in [1.165, 1.54) is 19.5 Å². The average Bonchev–Trinajstić information content (AvgIpc) is 2.86. The summed E-state index contributed by atoms with van der Waals surface area (Å²) in [4.78, 5) is 22.5. The van der Waals surface area contributed by atoms with Gasteiger partial charge in [-0.05, 0) is 49.0 Å². The first kappa shape index (κ1) is 32.8. The first-order valence-electron chi connectivity index (χ1n) is 11.1. The number of rotatable bonds is 6. The number of para-hydroxylation sites is 1. The summed E-state index contributed by atoms with van der Waals surface area (Å²) >= 11 is 0. The van der Waals surface area contributed by atoms with Gasteiger partial charge in [0.2, 0.25) is 5.91 Å². The van der Waals surface area contributed by atoms with Crippen LogP contribution >= 0.6 is 0 Å². The third-order valence-corrected chi connectivity index (χ3v) is 4.20. The third-order valence-electron chi connectivity index (χ3n) is 4.20. The summed E-state index contributed by atoms with van der Waals surface area (Å²) in [7, 11) is 6.82. The van der Waals surface area contributed by atoms with Crippen molar-refractivity contribution in [3.05, 3.63) is 66.2 Å². The molecule has 8 heteroatoms. The predicted octanol–water partition coefficient (Wildman–Crippen LogP) is 4.79. The fourth-order valence-corrected chi connectivity index (χ4v) is 2.30. The number of carbonyl (C=O) groups is 2. The summed E-state index contributed by atoms with van der Waals surface area (Å²) in [5, 5.41) is 14.2. The van der Waals surface area contributed by atoms with Gasteiger partial charge in [0.05, 0.1) is 12.8 Å². The van der Waals surface area contributed by atoms with Gasteiger partial charge in [0.15, 0.2) is 0 Å². The van der Waals surface area contributed by atoms with Gasteiger partial charge in [0, 0.05) is 27.6 Å². The molecule has 3 N–H and O–H groups in total. The molecule has 8 nitrogen and oxygen atoms in total. The number of urea groups is 1. The number of imide groups is 1. The Morgan fingerprint density at radius 2 is 1.71 bits per heavy atom. The summed E-state index contributed by atoms with van der Waals surface area (Å²) in [6.45, 7) is 13.2. The van der Waals surface area contributed by atoms with Crippen LogP contribution in [0.3, 0.4) is 0 Å². The third kappa shape index (κ3) is 15.4. The second kappa shape index (κ2) is 20.3. The number of ether oxygens (including phenoxy) is 1. The minimum absolute atomic E-state index is 0.357. The van der Waals surface area contributed by atoms with Gasteiger partial charge in [-0.3, -0.25) is 20.4 Å². The Kier molecular flexibility index (Phi) is 19.6. The van der Waals surface area contributed by atoms with E-state index < -0.39 is 6.03 Å². The Bertz CT molecular complexity index is 827. The van der Waals surface area contributed by atoms with Crippen LogP contribution in [0, 0.1) is 0 Å². The average molecular weight is 475 g/mol. The number of hydrogen-bond acceptors (Lipinski definition) is 6. The molecule has 0 fully saturated rings. The molecular weight excluding hydrogens is 432 g/mol. The molecule has 0 atom stereocenters. The van der Waals surface area contributed by atoms with Crippen molar-refractivity contribution in [2.45, 2.75) is 34.2 Å². The molecule has 3 amide bonds. The molecule has 0 aliphatic rings. The summed E-state index contributed by atoms with van der Waals surface area (Å²) in [6, 6.07) is 15.0. The Labute approximate surface area is 205 Å². The van der Waals surface area contributed by atoms with Crippen LogP contribution in [0.1, 0.15) is 38.8 Å². The number of hydroxylamine groups is 1. The van der Waals surface area contributed by atoms with E-state index in [-0.39, 0.29) is 5.91 Å². The molecule has 0 aromatic heterocycles. The zero-order valence-electron chi connectivity index (χ0n) is 21.9. The van der Waals surface area contributed by atoms with Gasteiger partial charge < -0.3 is 15.0 Å². The molecule has 0 aliphatic heterocycles. The molecule has 0 saturated heterocycles. The van der Waals surface area contributed by atoms with E-state index in [4.69, 9.17) is 9.94 Å². The summed E-state index contributed by atoms with van der Waals surface area (Å²) in [5.41, 5.74) is 3.24. The Morgan fingerprint density at radius 1 is 1.12 bits per heavy atom.